The van der Waals surface area contributed by atoms with Gasteiger partial charge < -0.3 is 18.9 Å². The molecule has 0 aliphatic carbocycles. The fourth-order valence-electron chi connectivity index (χ4n) is 2.02. The molecule has 1 fully saturated rings. The summed E-state index contributed by atoms with van der Waals surface area (Å²) in [5.74, 6) is 0.808. The maximum atomic E-state index is 6.04. The second-order valence-electron chi connectivity index (χ2n) is 5.88. The van der Waals surface area contributed by atoms with Gasteiger partial charge in [0.25, 0.3) is 0 Å². The fraction of sp³-hybridized carbons (Fsp3) is 0.692. The molecule has 4 nitrogen and oxygen atoms in total. The Kier molecular flexibility index (Phi) is 3.24. The Balaban J connectivity index is 2.22. The molecule has 0 bridgehead atoms. The molecule has 0 aromatic carbocycles. The monoisotopic (exact) mass is 251 g/mol. The smallest absolute Gasteiger partial charge is 0.496 e. The van der Waals surface area contributed by atoms with Crippen LogP contribution in [0.25, 0.3) is 0 Å². The number of rotatable bonds is 2. The third-order valence-corrected chi connectivity index (χ3v) is 3.95. The predicted molar refractivity (Wildman–Crippen MR) is 71.9 cm³/mol. The zero-order valence-corrected chi connectivity index (χ0v) is 12.1. The summed E-state index contributed by atoms with van der Waals surface area (Å²) in [5, 5.41) is 0. The van der Waals surface area contributed by atoms with Crippen molar-refractivity contribution < 1.29 is 14.0 Å². The van der Waals surface area contributed by atoms with E-state index in [4.69, 9.17) is 14.0 Å². The Bertz CT molecular complexity index is 385. The minimum absolute atomic E-state index is 0.319. The van der Waals surface area contributed by atoms with Gasteiger partial charge in [-0.3, -0.25) is 0 Å². The Morgan fingerprint density at radius 1 is 1.22 bits per heavy atom. The van der Waals surface area contributed by atoms with E-state index in [1.165, 1.54) is 0 Å². The molecular weight excluding hydrogens is 229 g/mol. The van der Waals surface area contributed by atoms with Crippen molar-refractivity contribution in [1.82, 2.24) is 4.90 Å². The molecule has 1 saturated heterocycles. The maximum absolute atomic E-state index is 6.04. The Morgan fingerprint density at radius 3 is 2.28 bits per heavy atom. The van der Waals surface area contributed by atoms with Crippen LogP contribution in [0.2, 0.25) is 0 Å². The molecule has 0 unspecified atom stereocenters. The first kappa shape index (κ1) is 13.5. The predicted octanol–water partition coefficient (Wildman–Crippen LogP) is 1.98. The van der Waals surface area contributed by atoms with E-state index in [0.29, 0.717) is 0 Å². The lowest BCUT2D eigenvalue weighted by molar-refractivity contribution is 0.00578. The molecule has 0 radical (unpaired) electrons. The Morgan fingerprint density at radius 2 is 1.78 bits per heavy atom. The van der Waals surface area contributed by atoms with Gasteiger partial charge in [0.2, 0.25) is 0 Å². The molecule has 0 aromatic rings. The van der Waals surface area contributed by atoms with E-state index in [9.17, 15) is 0 Å². The van der Waals surface area contributed by atoms with Gasteiger partial charge in [0.1, 0.15) is 5.76 Å². The van der Waals surface area contributed by atoms with Crippen molar-refractivity contribution in [2.75, 3.05) is 20.7 Å². The summed E-state index contributed by atoms with van der Waals surface area (Å²) in [6.45, 7) is 9.06. The molecule has 0 amide bonds. The van der Waals surface area contributed by atoms with Gasteiger partial charge in [0.05, 0.1) is 18.3 Å². The van der Waals surface area contributed by atoms with E-state index in [1.807, 2.05) is 13.2 Å². The van der Waals surface area contributed by atoms with Crippen molar-refractivity contribution in [3.63, 3.8) is 0 Å². The van der Waals surface area contributed by atoms with Gasteiger partial charge in [-0.15, -0.1) is 0 Å². The summed E-state index contributed by atoms with van der Waals surface area (Å²) < 4.78 is 17.5. The van der Waals surface area contributed by atoms with Crippen molar-refractivity contribution in [2.24, 2.45) is 0 Å². The molecule has 2 heterocycles. The topological polar surface area (TPSA) is 30.9 Å². The van der Waals surface area contributed by atoms with E-state index < -0.39 is 0 Å². The highest BCUT2D eigenvalue weighted by molar-refractivity contribution is 6.56. The molecule has 0 atom stereocenters. The molecule has 0 aromatic heterocycles. The molecule has 5 heteroatoms. The third-order valence-electron chi connectivity index (χ3n) is 3.95. The average molecular weight is 251 g/mol. The first-order valence-corrected chi connectivity index (χ1v) is 6.29. The van der Waals surface area contributed by atoms with E-state index in [0.717, 1.165) is 17.8 Å². The van der Waals surface area contributed by atoms with Crippen LogP contribution in [0.15, 0.2) is 23.5 Å². The SMILES string of the molecule is COC1=CN(C)CC=C1B1OC(C)(C)C(C)(C)O1. The van der Waals surface area contributed by atoms with Crippen LogP contribution < -0.4 is 0 Å². The summed E-state index contributed by atoms with van der Waals surface area (Å²) in [6.07, 6.45) is 4.07. The van der Waals surface area contributed by atoms with Crippen molar-refractivity contribution in [1.29, 1.82) is 0 Å². The van der Waals surface area contributed by atoms with Gasteiger partial charge >= 0.3 is 7.12 Å². The van der Waals surface area contributed by atoms with Crippen LogP contribution in [0.1, 0.15) is 27.7 Å². The normalized spacial score (nSPS) is 25.9. The van der Waals surface area contributed by atoms with Crippen LogP contribution in [0.4, 0.5) is 0 Å². The van der Waals surface area contributed by atoms with Crippen LogP contribution in [0.5, 0.6) is 0 Å². The van der Waals surface area contributed by atoms with Crippen molar-refractivity contribution in [3.05, 3.63) is 23.5 Å². The number of ether oxygens (including phenoxy) is 1. The van der Waals surface area contributed by atoms with Crippen molar-refractivity contribution in [3.8, 4) is 0 Å². The highest BCUT2D eigenvalue weighted by Crippen LogP contribution is 2.40. The van der Waals surface area contributed by atoms with Crippen molar-refractivity contribution in [2.45, 2.75) is 38.9 Å². The molecule has 0 N–H and O–H groups in total. The lowest BCUT2D eigenvalue weighted by Crippen LogP contribution is -2.41. The number of hydrogen-bond donors (Lipinski definition) is 0. The van der Waals surface area contributed by atoms with E-state index in [-0.39, 0.29) is 18.3 Å². The average Bonchev–Trinajstić information content (AvgIpc) is 2.47. The number of likely N-dealkylation sites (N-methyl/N-ethyl adjacent to an activating group) is 1. The number of methoxy groups -OCH3 is 1. The quantitative estimate of drug-likeness (QED) is 0.702. The molecular formula is C13H22BNO3. The summed E-state index contributed by atoms with van der Waals surface area (Å²) in [6, 6.07) is 0. The second kappa shape index (κ2) is 4.32. The second-order valence-corrected chi connectivity index (χ2v) is 5.88. The summed E-state index contributed by atoms with van der Waals surface area (Å²) >= 11 is 0. The van der Waals surface area contributed by atoms with Gasteiger partial charge in [-0.25, -0.2) is 0 Å². The number of hydrogen-bond acceptors (Lipinski definition) is 4. The molecule has 100 valence electrons. The lowest BCUT2D eigenvalue weighted by Gasteiger charge is -2.32. The molecule has 2 rings (SSSR count). The minimum Gasteiger partial charge on any atom is -0.496 e. The third kappa shape index (κ3) is 2.17. The standard InChI is InChI=1S/C13H22BNO3/c1-12(2)13(3,4)18-14(17-12)10-7-8-15(5)9-11(10)16-6/h7,9H,8H2,1-6H3. The summed E-state index contributed by atoms with van der Waals surface area (Å²) in [5.41, 5.74) is 0.343. The van der Waals surface area contributed by atoms with E-state index in [2.05, 4.69) is 38.7 Å². The molecule has 2 aliphatic heterocycles. The lowest BCUT2D eigenvalue weighted by atomic mass is 9.76. The fourth-order valence-corrected chi connectivity index (χ4v) is 2.02. The van der Waals surface area contributed by atoms with Gasteiger partial charge in [0, 0.05) is 25.3 Å². The highest BCUT2D eigenvalue weighted by atomic mass is 16.7. The van der Waals surface area contributed by atoms with E-state index in [1.54, 1.807) is 7.11 Å². The molecule has 2 aliphatic rings. The van der Waals surface area contributed by atoms with Gasteiger partial charge in [-0.1, -0.05) is 6.08 Å². The van der Waals surface area contributed by atoms with E-state index >= 15 is 0 Å². The van der Waals surface area contributed by atoms with Crippen LogP contribution in [-0.4, -0.2) is 43.9 Å². The molecule has 0 spiro atoms. The largest absolute Gasteiger partial charge is 0.498 e. The van der Waals surface area contributed by atoms with Crippen LogP contribution >= 0.6 is 0 Å². The number of allylic oxidation sites excluding steroid dienone is 1. The van der Waals surface area contributed by atoms with Gasteiger partial charge in [-0.05, 0) is 27.7 Å². The summed E-state index contributed by atoms with van der Waals surface area (Å²) in [7, 11) is 3.33. The Hall–Kier alpha value is -0.935. The maximum Gasteiger partial charge on any atom is 0.498 e. The first-order chi connectivity index (χ1) is 8.27. The van der Waals surface area contributed by atoms with Crippen LogP contribution in [-0.2, 0) is 14.0 Å². The molecule has 18 heavy (non-hydrogen) atoms. The van der Waals surface area contributed by atoms with Gasteiger partial charge in [0.15, 0.2) is 0 Å². The first-order valence-electron chi connectivity index (χ1n) is 6.29. The van der Waals surface area contributed by atoms with Crippen molar-refractivity contribution >= 4 is 7.12 Å². The minimum atomic E-state index is -0.352. The zero-order chi connectivity index (χ0) is 13.6. The number of nitrogens with zero attached hydrogens (tertiary/aromatic N) is 1. The highest BCUT2D eigenvalue weighted by Gasteiger charge is 2.53. The zero-order valence-electron chi connectivity index (χ0n) is 12.1. The van der Waals surface area contributed by atoms with Crippen LogP contribution in [0.3, 0.4) is 0 Å². The van der Waals surface area contributed by atoms with Gasteiger partial charge in [-0.2, -0.15) is 0 Å². The molecule has 0 saturated carbocycles. The van der Waals surface area contributed by atoms with Crippen LogP contribution in [0, 0.1) is 0 Å². The summed E-state index contributed by atoms with van der Waals surface area (Å²) in [4.78, 5) is 2.06. The Labute approximate surface area is 110 Å².